The van der Waals surface area contributed by atoms with Crippen molar-refractivity contribution in [2.75, 3.05) is 24.2 Å². The van der Waals surface area contributed by atoms with E-state index in [2.05, 4.69) is 15.2 Å². The first-order valence-electron chi connectivity index (χ1n) is 4.96. The highest BCUT2D eigenvalue weighted by molar-refractivity contribution is 7.18. The molecule has 2 N–H and O–H groups in total. The monoisotopic (exact) mass is 235 g/mol. The number of pyridine rings is 1. The number of hydrogen-bond donors (Lipinski definition) is 1. The van der Waals surface area contributed by atoms with Crippen LogP contribution in [-0.4, -0.2) is 28.8 Å². The van der Waals surface area contributed by atoms with Crippen LogP contribution in [0.15, 0.2) is 24.4 Å². The number of likely N-dealkylation sites (N-methyl/N-ethyl adjacent to an activating group) is 1. The third-order valence-corrected chi connectivity index (χ3v) is 3.05. The highest BCUT2D eigenvalue weighted by atomic mass is 32.1. The summed E-state index contributed by atoms with van der Waals surface area (Å²) in [5.74, 6) is 0. The number of nitrogens with two attached hydrogens (primary N) is 1. The third-order valence-electron chi connectivity index (χ3n) is 2.19. The van der Waals surface area contributed by atoms with Crippen molar-refractivity contribution in [3.63, 3.8) is 0 Å². The number of nitrogens with zero attached hydrogens (tertiary/aromatic N) is 4. The van der Waals surface area contributed by atoms with E-state index in [1.807, 2.05) is 30.1 Å². The Morgan fingerprint density at radius 1 is 1.38 bits per heavy atom. The van der Waals surface area contributed by atoms with Crippen LogP contribution in [0.3, 0.4) is 0 Å². The highest BCUT2D eigenvalue weighted by Crippen LogP contribution is 2.20. The second kappa shape index (κ2) is 4.89. The van der Waals surface area contributed by atoms with Crippen molar-refractivity contribution in [2.45, 2.75) is 6.42 Å². The van der Waals surface area contributed by atoms with E-state index < -0.39 is 0 Å². The van der Waals surface area contributed by atoms with Crippen molar-refractivity contribution in [3.05, 3.63) is 30.1 Å². The molecule has 0 amide bonds. The first-order chi connectivity index (χ1) is 7.75. The second-order valence-electron chi connectivity index (χ2n) is 3.42. The first-order valence-corrected chi connectivity index (χ1v) is 5.77. The van der Waals surface area contributed by atoms with Gasteiger partial charge >= 0.3 is 0 Å². The molecule has 6 heteroatoms. The van der Waals surface area contributed by atoms with E-state index in [0.717, 1.165) is 23.8 Å². The summed E-state index contributed by atoms with van der Waals surface area (Å²) in [7, 11) is 1.98. The zero-order valence-corrected chi connectivity index (χ0v) is 9.81. The van der Waals surface area contributed by atoms with Crippen LogP contribution in [0.4, 0.5) is 10.3 Å². The van der Waals surface area contributed by atoms with Gasteiger partial charge in [-0.25, -0.2) is 0 Å². The van der Waals surface area contributed by atoms with Crippen molar-refractivity contribution >= 4 is 21.6 Å². The summed E-state index contributed by atoms with van der Waals surface area (Å²) in [5, 5.41) is 9.10. The summed E-state index contributed by atoms with van der Waals surface area (Å²) in [6.45, 7) is 0.853. The van der Waals surface area contributed by atoms with Crippen LogP contribution in [0, 0.1) is 0 Å². The first kappa shape index (κ1) is 10.8. The lowest BCUT2D eigenvalue weighted by atomic mass is 10.2. The molecule has 0 aliphatic carbocycles. The average molecular weight is 235 g/mol. The molecule has 0 aliphatic heterocycles. The van der Waals surface area contributed by atoms with Crippen molar-refractivity contribution in [3.8, 4) is 0 Å². The van der Waals surface area contributed by atoms with Crippen LogP contribution < -0.4 is 10.6 Å². The predicted molar refractivity (Wildman–Crippen MR) is 65.5 cm³/mol. The summed E-state index contributed by atoms with van der Waals surface area (Å²) >= 11 is 1.39. The molecule has 0 radical (unpaired) electrons. The summed E-state index contributed by atoms with van der Waals surface area (Å²) in [6.07, 6.45) is 2.69. The van der Waals surface area contributed by atoms with Crippen LogP contribution in [0.25, 0.3) is 0 Å². The van der Waals surface area contributed by atoms with Crippen LogP contribution in [0.2, 0.25) is 0 Å². The van der Waals surface area contributed by atoms with Crippen molar-refractivity contribution in [1.29, 1.82) is 0 Å². The third kappa shape index (κ3) is 2.66. The molecule has 2 aromatic heterocycles. The Morgan fingerprint density at radius 2 is 2.25 bits per heavy atom. The Hall–Kier alpha value is -1.69. The lowest BCUT2D eigenvalue weighted by Crippen LogP contribution is -2.20. The fourth-order valence-corrected chi connectivity index (χ4v) is 1.90. The molecule has 0 fully saturated rings. The maximum absolute atomic E-state index is 5.53. The lowest BCUT2D eigenvalue weighted by Gasteiger charge is -2.13. The molecule has 16 heavy (non-hydrogen) atoms. The summed E-state index contributed by atoms with van der Waals surface area (Å²) in [5.41, 5.74) is 6.61. The van der Waals surface area contributed by atoms with Gasteiger partial charge in [-0.15, -0.1) is 10.2 Å². The van der Waals surface area contributed by atoms with Gasteiger partial charge < -0.3 is 10.6 Å². The van der Waals surface area contributed by atoms with Crippen molar-refractivity contribution < 1.29 is 0 Å². The van der Waals surface area contributed by atoms with E-state index in [1.165, 1.54) is 11.3 Å². The molecule has 0 bridgehead atoms. The van der Waals surface area contributed by atoms with Gasteiger partial charge in [-0.3, -0.25) is 4.98 Å². The van der Waals surface area contributed by atoms with Crippen LogP contribution in [0.1, 0.15) is 5.69 Å². The second-order valence-corrected chi connectivity index (χ2v) is 4.40. The van der Waals surface area contributed by atoms with Gasteiger partial charge in [0.05, 0.1) is 0 Å². The number of rotatable bonds is 4. The molecule has 2 rings (SSSR count). The molecule has 84 valence electrons. The smallest absolute Gasteiger partial charge is 0.209 e. The van der Waals surface area contributed by atoms with Crippen LogP contribution >= 0.6 is 11.3 Å². The number of anilines is 2. The zero-order chi connectivity index (χ0) is 11.4. The minimum absolute atomic E-state index is 0.500. The Morgan fingerprint density at radius 3 is 2.88 bits per heavy atom. The molecular formula is C10H13N5S. The Bertz CT molecular complexity index is 441. The fourth-order valence-electron chi connectivity index (χ4n) is 1.30. The topological polar surface area (TPSA) is 67.9 Å². The molecule has 0 saturated carbocycles. The highest BCUT2D eigenvalue weighted by Gasteiger charge is 2.06. The van der Waals surface area contributed by atoms with Crippen molar-refractivity contribution in [2.24, 2.45) is 0 Å². The minimum Gasteiger partial charge on any atom is -0.374 e. The molecule has 0 aliphatic rings. The summed E-state index contributed by atoms with van der Waals surface area (Å²) < 4.78 is 0. The molecular weight excluding hydrogens is 222 g/mol. The maximum Gasteiger partial charge on any atom is 0.209 e. The van der Waals surface area contributed by atoms with Crippen LogP contribution in [0.5, 0.6) is 0 Å². The van der Waals surface area contributed by atoms with Gasteiger partial charge in [0.2, 0.25) is 10.3 Å². The largest absolute Gasteiger partial charge is 0.374 e. The molecule has 0 saturated heterocycles. The van der Waals surface area contributed by atoms with Gasteiger partial charge in [-0.05, 0) is 12.1 Å². The normalized spacial score (nSPS) is 10.3. The van der Waals surface area contributed by atoms with E-state index in [-0.39, 0.29) is 0 Å². The quantitative estimate of drug-likeness (QED) is 0.862. The summed E-state index contributed by atoms with van der Waals surface area (Å²) in [6, 6.07) is 5.92. The maximum atomic E-state index is 5.53. The van der Waals surface area contributed by atoms with Gasteiger partial charge in [-0.1, -0.05) is 17.4 Å². The van der Waals surface area contributed by atoms with E-state index >= 15 is 0 Å². The predicted octanol–water partition coefficient (Wildman–Crippen LogP) is 1.19. The van der Waals surface area contributed by atoms with Gasteiger partial charge in [0.15, 0.2) is 0 Å². The van der Waals surface area contributed by atoms with Gasteiger partial charge in [0, 0.05) is 31.9 Å². The Balaban J connectivity index is 1.91. The SMILES string of the molecule is CN(CCc1ccccn1)c1nnc(N)s1. The number of aromatic nitrogens is 3. The van der Waals surface area contributed by atoms with E-state index in [0.29, 0.717) is 5.13 Å². The van der Waals surface area contributed by atoms with E-state index in [4.69, 9.17) is 5.73 Å². The van der Waals surface area contributed by atoms with Gasteiger partial charge in [0.25, 0.3) is 0 Å². The van der Waals surface area contributed by atoms with Gasteiger partial charge in [0.1, 0.15) is 0 Å². The Kier molecular flexibility index (Phi) is 3.31. The number of nitrogen functional groups attached to an aromatic ring is 1. The van der Waals surface area contributed by atoms with Crippen LogP contribution in [-0.2, 0) is 6.42 Å². The van der Waals surface area contributed by atoms with E-state index in [9.17, 15) is 0 Å². The molecule has 5 nitrogen and oxygen atoms in total. The molecule has 2 aromatic rings. The molecule has 0 atom stereocenters. The molecule has 0 aromatic carbocycles. The fraction of sp³-hybridized carbons (Fsp3) is 0.300. The number of hydrogen-bond acceptors (Lipinski definition) is 6. The zero-order valence-electron chi connectivity index (χ0n) is 9.00. The Labute approximate surface area is 98.0 Å². The van der Waals surface area contributed by atoms with Crippen molar-refractivity contribution in [1.82, 2.24) is 15.2 Å². The molecule has 0 spiro atoms. The standard InChI is InChI=1S/C10H13N5S/c1-15(10-14-13-9(11)16-10)7-5-8-4-2-3-6-12-8/h2-4,6H,5,7H2,1H3,(H2,11,13). The lowest BCUT2D eigenvalue weighted by molar-refractivity contribution is 0.839. The average Bonchev–Trinajstić information content (AvgIpc) is 2.74. The molecule has 0 unspecified atom stereocenters. The van der Waals surface area contributed by atoms with E-state index in [1.54, 1.807) is 6.20 Å². The molecule has 2 heterocycles. The minimum atomic E-state index is 0.500. The van der Waals surface area contributed by atoms with Gasteiger partial charge in [-0.2, -0.15) is 0 Å². The summed E-state index contributed by atoms with van der Waals surface area (Å²) in [4.78, 5) is 6.30.